The number of aliphatic carboxylic acids is 1. The third kappa shape index (κ3) is 3.09. The molecule has 0 aromatic carbocycles. The van der Waals surface area contributed by atoms with Gasteiger partial charge >= 0.3 is 5.97 Å². The van der Waals surface area contributed by atoms with E-state index < -0.39 is 16.0 Å². The fraction of sp³-hybridized carbons (Fsp3) is 0.571. The predicted molar refractivity (Wildman–Crippen MR) is 48.1 cm³/mol. The Morgan fingerprint density at radius 3 is 2.43 bits per heavy atom. The van der Waals surface area contributed by atoms with E-state index in [1.807, 2.05) is 0 Å². The lowest BCUT2D eigenvalue weighted by Gasteiger charge is -2.24. The quantitative estimate of drug-likeness (QED) is 0.634. The van der Waals surface area contributed by atoms with Gasteiger partial charge in [0.05, 0.1) is 18.6 Å². The number of carboxylic acid groups (broad SMARTS) is 1. The highest BCUT2D eigenvalue weighted by atomic mass is 32.2. The maximum Gasteiger partial charge on any atom is 0.329 e. The largest absolute Gasteiger partial charge is 0.478 e. The van der Waals surface area contributed by atoms with Crippen LogP contribution in [0.3, 0.4) is 0 Å². The van der Waals surface area contributed by atoms with Crippen LogP contribution in [-0.4, -0.2) is 50.1 Å². The highest BCUT2D eigenvalue weighted by Crippen LogP contribution is 2.06. The van der Waals surface area contributed by atoms with Gasteiger partial charge in [0.15, 0.2) is 0 Å². The molecule has 0 aliphatic carbocycles. The van der Waals surface area contributed by atoms with Crippen LogP contribution in [0, 0.1) is 0 Å². The van der Waals surface area contributed by atoms with E-state index in [-0.39, 0.29) is 13.1 Å². The van der Waals surface area contributed by atoms with Crippen molar-refractivity contribution >= 4 is 16.0 Å². The summed E-state index contributed by atoms with van der Waals surface area (Å²) in [5.41, 5.74) is 0. The fourth-order valence-electron chi connectivity index (χ4n) is 1.03. The number of hydrogen-bond acceptors (Lipinski definition) is 4. The minimum atomic E-state index is -3.59. The molecule has 0 unspecified atom stereocenters. The number of ether oxygens (including phenoxy) is 1. The van der Waals surface area contributed by atoms with Crippen LogP contribution in [-0.2, 0) is 19.6 Å². The normalized spacial score (nSPS) is 20.0. The summed E-state index contributed by atoms with van der Waals surface area (Å²) in [6.07, 6.45) is 0.616. The Balaban J connectivity index is 2.68. The van der Waals surface area contributed by atoms with Gasteiger partial charge in [-0.05, 0) is 0 Å². The molecule has 0 amide bonds. The lowest BCUT2D eigenvalue weighted by atomic mass is 10.5. The van der Waals surface area contributed by atoms with E-state index in [9.17, 15) is 13.2 Å². The van der Waals surface area contributed by atoms with Gasteiger partial charge in [0, 0.05) is 19.2 Å². The van der Waals surface area contributed by atoms with Gasteiger partial charge in [-0.1, -0.05) is 0 Å². The van der Waals surface area contributed by atoms with Crippen LogP contribution < -0.4 is 0 Å². The molecule has 6 nitrogen and oxygen atoms in total. The average Bonchev–Trinajstić information content (AvgIpc) is 2.16. The topological polar surface area (TPSA) is 83.9 Å². The highest BCUT2D eigenvalue weighted by Gasteiger charge is 2.21. The van der Waals surface area contributed by atoms with E-state index in [1.165, 1.54) is 4.31 Å². The van der Waals surface area contributed by atoms with Gasteiger partial charge in [0.1, 0.15) is 0 Å². The molecule has 0 atom stereocenters. The van der Waals surface area contributed by atoms with Gasteiger partial charge in [0.2, 0.25) is 10.0 Å². The summed E-state index contributed by atoms with van der Waals surface area (Å²) in [5.74, 6) is -1.28. The second-order valence-corrected chi connectivity index (χ2v) is 4.52. The number of nitrogens with zero attached hydrogens (tertiary/aromatic N) is 1. The van der Waals surface area contributed by atoms with Crippen molar-refractivity contribution in [2.24, 2.45) is 0 Å². The third-order valence-corrected chi connectivity index (χ3v) is 3.28. The van der Waals surface area contributed by atoms with Crippen LogP contribution >= 0.6 is 0 Å². The highest BCUT2D eigenvalue weighted by molar-refractivity contribution is 7.92. The molecule has 0 aromatic rings. The summed E-state index contributed by atoms with van der Waals surface area (Å²) in [6, 6.07) is 0. The van der Waals surface area contributed by atoms with E-state index in [0.717, 1.165) is 0 Å². The maximum absolute atomic E-state index is 11.4. The van der Waals surface area contributed by atoms with Crippen LogP contribution in [0.5, 0.6) is 0 Å². The molecule has 7 heteroatoms. The second kappa shape index (κ2) is 4.54. The molecule has 1 N–H and O–H groups in total. The lowest BCUT2D eigenvalue weighted by molar-refractivity contribution is -0.131. The summed E-state index contributed by atoms with van der Waals surface area (Å²) in [7, 11) is -3.59. The molecule has 1 rings (SSSR count). The fourth-order valence-corrected chi connectivity index (χ4v) is 2.15. The van der Waals surface area contributed by atoms with Gasteiger partial charge in [-0.3, -0.25) is 0 Å². The van der Waals surface area contributed by atoms with Crippen LogP contribution in [0.15, 0.2) is 11.5 Å². The third-order valence-electron chi connectivity index (χ3n) is 1.71. The van der Waals surface area contributed by atoms with E-state index in [0.29, 0.717) is 24.7 Å². The number of sulfonamides is 1. The summed E-state index contributed by atoms with van der Waals surface area (Å²) < 4.78 is 29.0. The summed E-state index contributed by atoms with van der Waals surface area (Å²) in [4.78, 5) is 10.1. The van der Waals surface area contributed by atoms with E-state index in [2.05, 4.69) is 0 Å². The van der Waals surface area contributed by atoms with Crippen molar-refractivity contribution < 1.29 is 23.1 Å². The Hall–Kier alpha value is -0.920. The summed E-state index contributed by atoms with van der Waals surface area (Å²) in [6.45, 7) is 1.23. The van der Waals surface area contributed by atoms with Crippen LogP contribution in [0.2, 0.25) is 0 Å². The molecule has 0 saturated carbocycles. The standard InChI is InChI=1S/C7H11NO5S/c9-7(10)1-6-14(11,12)8-2-4-13-5-3-8/h1,6H,2-5H2,(H,9,10). The predicted octanol–water partition coefficient (Wildman–Crippen LogP) is -0.753. The zero-order chi connectivity index (χ0) is 10.6. The first-order valence-electron chi connectivity index (χ1n) is 4.01. The maximum atomic E-state index is 11.4. The van der Waals surface area contributed by atoms with Crippen molar-refractivity contribution in [2.75, 3.05) is 26.3 Å². The molecular weight excluding hydrogens is 210 g/mol. The van der Waals surface area contributed by atoms with Crippen molar-refractivity contribution in [3.63, 3.8) is 0 Å². The van der Waals surface area contributed by atoms with Crippen molar-refractivity contribution in [3.05, 3.63) is 11.5 Å². The molecule has 0 radical (unpaired) electrons. The van der Waals surface area contributed by atoms with E-state index in [4.69, 9.17) is 9.84 Å². The van der Waals surface area contributed by atoms with Gasteiger partial charge in [0.25, 0.3) is 0 Å². The van der Waals surface area contributed by atoms with E-state index in [1.54, 1.807) is 0 Å². The van der Waals surface area contributed by atoms with Crippen LogP contribution in [0.4, 0.5) is 0 Å². The number of morpholine rings is 1. The molecule has 80 valence electrons. The first-order valence-corrected chi connectivity index (χ1v) is 5.51. The van der Waals surface area contributed by atoms with Crippen molar-refractivity contribution in [1.82, 2.24) is 4.31 Å². The second-order valence-electron chi connectivity index (χ2n) is 2.70. The number of rotatable bonds is 3. The van der Waals surface area contributed by atoms with Crippen molar-refractivity contribution in [1.29, 1.82) is 0 Å². The summed E-state index contributed by atoms with van der Waals surface area (Å²) in [5, 5.41) is 8.98. The average molecular weight is 221 g/mol. The van der Waals surface area contributed by atoms with Gasteiger partial charge in [-0.25, -0.2) is 13.2 Å². The molecule has 1 aliphatic rings. The van der Waals surface area contributed by atoms with Crippen molar-refractivity contribution in [3.8, 4) is 0 Å². The first kappa shape index (κ1) is 11.2. The Morgan fingerprint density at radius 1 is 1.36 bits per heavy atom. The number of hydrogen-bond donors (Lipinski definition) is 1. The van der Waals surface area contributed by atoms with Gasteiger partial charge in [-0.2, -0.15) is 4.31 Å². The smallest absolute Gasteiger partial charge is 0.329 e. The van der Waals surface area contributed by atoms with Crippen LogP contribution in [0.25, 0.3) is 0 Å². The molecule has 0 spiro atoms. The van der Waals surface area contributed by atoms with Gasteiger partial charge < -0.3 is 9.84 Å². The summed E-state index contributed by atoms with van der Waals surface area (Å²) >= 11 is 0. The molecular formula is C7H11NO5S. The van der Waals surface area contributed by atoms with Gasteiger partial charge in [-0.15, -0.1) is 0 Å². The zero-order valence-corrected chi connectivity index (χ0v) is 8.24. The molecule has 1 heterocycles. The first-order chi connectivity index (χ1) is 6.52. The van der Waals surface area contributed by atoms with Crippen molar-refractivity contribution in [2.45, 2.75) is 0 Å². The molecule has 0 bridgehead atoms. The molecule has 1 fully saturated rings. The Kier molecular flexibility index (Phi) is 3.62. The number of carboxylic acids is 1. The Labute approximate surface area is 81.8 Å². The molecule has 1 aliphatic heterocycles. The Bertz CT molecular complexity index is 328. The van der Waals surface area contributed by atoms with E-state index >= 15 is 0 Å². The minimum absolute atomic E-state index is 0.270. The molecule has 14 heavy (non-hydrogen) atoms. The number of carbonyl (C=O) groups is 1. The van der Waals surface area contributed by atoms with Crippen LogP contribution in [0.1, 0.15) is 0 Å². The zero-order valence-electron chi connectivity index (χ0n) is 7.42. The SMILES string of the molecule is O=C(O)C=CS(=O)(=O)N1CCOCC1. The lowest BCUT2D eigenvalue weighted by Crippen LogP contribution is -2.39. The molecule has 1 saturated heterocycles. The molecule has 0 aromatic heterocycles. The minimum Gasteiger partial charge on any atom is -0.478 e. The monoisotopic (exact) mass is 221 g/mol. The Morgan fingerprint density at radius 2 is 1.93 bits per heavy atom.